The van der Waals surface area contributed by atoms with Crippen LogP contribution in [0.4, 0.5) is 10.1 Å². The van der Waals surface area contributed by atoms with Crippen LogP contribution in [0.5, 0.6) is 11.5 Å². The Morgan fingerprint density at radius 1 is 0.971 bits per heavy atom. The molecule has 0 aromatic heterocycles. The number of nitrogens with zero attached hydrogens (tertiary/aromatic N) is 1. The van der Waals surface area contributed by atoms with Gasteiger partial charge in [-0.25, -0.2) is 4.39 Å². The Morgan fingerprint density at radius 2 is 1.60 bits per heavy atom. The number of rotatable bonds is 6. The molecule has 0 bridgehead atoms. The number of benzene rings is 3. The minimum absolute atomic E-state index is 0.263. The molecule has 0 spiro atoms. The lowest BCUT2D eigenvalue weighted by molar-refractivity contribution is -0.119. The van der Waals surface area contributed by atoms with Gasteiger partial charge in [0.05, 0.1) is 26.2 Å². The summed E-state index contributed by atoms with van der Waals surface area (Å²) in [5.41, 5.74) is 2.80. The summed E-state index contributed by atoms with van der Waals surface area (Å²) in [4.78, 5) is 28.6. The molecule has 3 aromatic carbocycles. The average molecular weight is 477 g/mol. The van der Waals surface area contributed by atoms with E-state index in [0.717, 1.165) is 5.56 Å². The quantitative estimate of drug-likeness (QED) is 0.509. The molecular weight excluding hydrogens is 447 g/mol. The SMILES string of the molecule is COc1cc2c(cc1OC)[C@H](C(=O)Nc1ccc(C(C)C)cc1)[C@H](c1ccccc1F)N(C)C2=O. The predicted octanol–water partition coefficient (Wildman–Crippen LogP) is 5.52. The highest BCUT2D eigenvalue weighted by atomic mass is 19.1. The highest BCUT2D eigenvalue weighted by Gasteiger charge is 2.44. The number of methoxy groups -OCH3 is 2. The Bertz CT molecular complexity index is 1260. The van der Waals surface area contributed by atoms with E-state index in [-0.39, 0.29) is 17.4 Å². The van der Waals surface area contributed by atoms with E-state index in [1.165, 1.54) is 25.2 Å². The minimum atomic E-state index is -0.894. The molecule has 3 aromatic rings. The third-order valence-corrected chi connectivity index (χ3v) is 6.53. The highest BCUT2D eigenvalue weighted by Crippen LogP contribution is 2.46. The Hall–Kier alpha value is -3.87. The molecule has 2 amide bonds. The van der Waals surface area contributed by atoms with Crippen molar-refractivity contribution in [3.05, 3.63) is 88.7 Å². The first-order valence-corrected chi connectivity index (χ1v) is 11.4. The van der Waals surface area contributed by atoms with Gasteiger partial charge in [-0.05, 0) is 47.4 Å². The number of hydrogen-bond acceptors (Lipinski definition) is 4. The van der Waals surface area contributed by atoms with E-state index in [4.69, 9.17) is 9.47 Å². The molecule has 7 heteroatoms. The number of carbonyl (C=O) groups excluding carboxylic acids is 2. The average Bonchev–Trinajstić information content (AvgIpc) is 2.86. The number of ether oxygens (including phenoxy) is 2. The fourth-order valence-corrected chi connectivity index (χ4v) is 4.61. The van der Waals surface area contributed by atoms with Crippen molar-refractivity contribution in [2.75, 3.05) is 26.6 Å². The fourth-order valence-electron chi connectivity index (χ4n) is 4.61. The molecule has 182 valence electrons. The molecule has 35 heavy (non-hydrogen) atoms. The lowest BCUT2D eigenvalue weighted by Crippen LogP contribution is -2.44. The zero-order chi connectivity index (χ0) is 25.3. The summed E-state index contributed by atoms with van der Waals surface area (Å²) in [6, 6.07) is 16.2. The van der Waals surface area contributed by atoms with Crippen LogP contribution in [0, 0.1) is 5.82 Å². The Balaban J connectivity index is 1.85. The number of likely N-dealkylation sites (N-methyl/N-ethyl adjacent to an activating group) is 1. The second-order valence-corrected chi connectivity index (χ2v) is 8.92. The molecule has 6 nitrogen and oxygen atoms in total. The summed E-state index contributed by atoms with van der Waals surface area (Å²) < 4.78 is 25.8. The number of halogens is 1. The molecule has 1 N–H and O–H groups in total. The summed E-state index contributed by atoms with van der Waals surface area (Å²) in [6.45, 7) is 4.19. The number of hydrogen-bond donors (Lipinski definition) is 1. The van der Waals surface area contributed by atoms with Gasteiger partial charge in [0.25, 0.3) is 5.91 Å². The molecular formula is C28H29FN2O4. The maximum absolute atomic E-state index is 15.0. The normalized spacial score (nSPS) is 17.2. The van der Waals surface area contributed by atoms with Gasteiger partial charge in [-0.3, -0.25) is 9.59 Å². The van der Waals surface area contributed by atoms with Gasteiger partial charge in [-0.2, -0.15) is 0 Å². The first-order valence-electron chi connectivity index (χ1n) is 11.4. The molecule has 2 atom stereocenters. The van der Waals surface area contributed by atoms with Crippen molar-refractivity contribution in [3.8, 4) is 11.5 Å². The second-order valence-electron chi connectivity index (χ2n) is 8.92. The van der Waals surface area contributed by atoms with Gasteiger partial charge in [0.1, 0.15) is 5.82 Å². The first kappa shape index (κ1) is 24.3. The lowest BCUT2D eigenvalue weighted by atomic mass is 9.79. The van der Waals surface area contributed by atoms with Gasteiger partial charge >= 0.3 is 0 Å². The van der Waals surface area contributed by atoms with Crippen LogP contribution in [0.15, 0.2) is 60.7 Å². The van der Waals surface area contributed by atoms with Crippen molar-refractivity contribution in [3.63, 3.8) is 0 Å². The van der Waals surface area contributed by atoms with E-state index in [0.29, 0.717) is 34.2 Å². The van der Waals surface area contributed by atoms with E-state index in [1.807, 2.05) is 24.3 Å². The molecule has 4 rings (SSSR count). The third kappa shape index (κ3) is 4.46. The summed E-state index contributed by atoms with van der Waals surface area (Å²) in [6.07, 6.45) is 0. The molecule has 0 saturated carbocycles. The number of nitrogens with one attached hydrogen (secondary N) is 1. The number of anilines is 1. The standard InChI is InChI=1S/C28H29FN2O4/c1-16(2)17-10-12-18(13-11-17)30-27(32)25-20-14-23(34-4)24(35-5)15-21(20)28(33)31(3)26(25)19-8-6-7-9-22(19)29/h6-16,25-26H,1-5H3,(H,30,32)/t25-,26-/m0/s1. The van der Waals surface area contributed by atoms with E-state index in [9.17, 15) is 14.0 Å². The monoisotopic (exact) mass is 476 g/mol. The summed E-state index contributed by atoms with van der Waals surface area (Å²) in [5, 5.41) is 2.97. The number of carbonyl (C=O) groups is 2. The Kier molecular flexibility index (Phi) is 6.78. The zero-order valence-electron chi connectivity index (χ0n) is 20.5. The second kappa shape index (κ2) is 9.78. The summed E-state index contributed by atoms with van der Waals surface area (Å²) in [7, 11) is 4.55. The van der Waals surface area contributed by atoms with Crippen LogP contribution < -0.4 is 14.8 Å². The lowest BCUT2D eigenvalue weighted by Gasteiger charge is -2.40. The maximum atomic E-state index is 15.0. The third-order valence-electron chi connectivity index (χ3n) is 6.53. The van der Waals surface area contributed by atoms with Crippen molar-refractivity contribution >= 4 is 17.5 Å². The van der Waals surface area contributed by atoms with Crippen LogP contribution in [0.1, 0.15) is 58.8 Å². The molecule has 0 saturated heterocycles. The molecule has 1 aliphatic rings. The van der Waals surface area contributed by atoms with Crippen LogP contribution in [-0.2, 0) is 4.79 Å². The zero-order valence-corrected chi connectivity index (χ0v) is 20.5. The van der Waals surface area contributed by atoms with Crippen molar-refractivity contribution in [2.45, 2.75) is 31.7 Å². The van der Waals surface area contributed by atoms with E-state index in [1.54, 1.807) is 37.4 Å². The van der Waals surface area contributed by atoms with Crippen molar-refractivity contribution in [1.29, 1.82) is 0 Å². The van der Waals surface area contributed by atoms with Crippen LogP contribution in [0.3, 0.4) is 0 Å². The molecule has 0 aliphatic carbocycles. The molecule has 0 radical (unpaired) electrons. The van der Waals surface area contributed by atoms with Crippen molar-refractivity contribution in [2.24, 2.45) is 0 Å². The molecule has 0 unspecified atom stereocenters. The van der Waals surface area contributed by atoms with Crippen LogP contribution in [0.25, 0.3) is 0 Å². The van der Waals surface area contributed by atoms with E-state index < -0.39 is 17.8 Å². The van der Waals surface area contributed by atoms with Crippen LogP contribution in [-0.4, -0.2) is 38.0 Å². The van der Waals surface area contributed by atoms with E-state index in [2.05, 4.69) is 19.2 Å². The number of fused-ring (bicyclic) bond motifs is 1. The van der Waals surface area contributed by atoms with Gasteiger partial charge in [0, 0.05) is 23.9 Å². The number of amides is 2. The Morgan fingerprint density at radius 3 is 2.20 bits per heavy atom. The van der Waals surface area contributed by atoms with Crippen molar-refractivity contribution < 1.29 is 23.5 Å². The molecule has 1 heterocycles. The maximum Gasteiger partial charge on any atom is 0.254 e. The first-order chi connectivity index (χ1) is 16.8. The minimum Gasteiger partial charge on any atom is -0.493 e. The molecule has 1 aliphatic heterocycles. The predicted molar refractivity (Wildman–Crippen MR) is 133 cm³/mol. The highest BCUT2D eigenvalue weighted by molar-refractivity contribution is 6.05. The molecule has 0 fully saturated rings. The van der Waals surface area contributed by atoms with Gasteiger partial charge < -0.3 is 19.7 Å². The summed E-state index contributed by atoms with van der Waals surface area (Å²) in [5.74, 6) is -0.953. The van der Waals surface area contributed by atoms with E-state index >= 15 is 0 Å². The largest absolute Gasteiger partial charge is 0.493 e. The fraction of sp³-hybridized carbons (Fsp3) is 0.286. The Labute approximate surface area is 204 Å². The van der Waals surface area contributed by atoms with Crippen LogP contribution >= 0.6 is 0 Å². The van der Waals surface area contributed by atoms with Gasteiger partial charge in [-0.1, -0.05) is 44.2 Å². The van der Waals surface area contributed by atoms with Crippen molar-refractivity contribution in [1.82, 2.24) is 4.90 Å². The smallest absolute Gasteiger partial charge is 0.254 e. The van der Waals surface area contributed by atoms with Gasteiger partial charge in [0.15, 0.2) is 11.5 Å². The van der Waals surface area contributed by atoms with Gasteiger partial charge in [0.2, 0.25) is 5.91 Å². The van der Waals surface area contributed by atoms with Gasteiger partial charge in [-0.15, -0.1) is 0 Å². The van der Waals surface area contributed by atoms with Crippen LogP contribution in [0.2, 0.25) is 0 Å². The topological polar surface area (TPSA) is 67.9 Å². The summed E-state index contributed by atoms with van der Waals surface area (Å²) >= 11 is 0.